The molecular weight excluding hydrogens is 306 g/mol. The molecule has 1 aliphatic rings. The Morgan fingerprint density at radius 3 is 2.62 bits per heavy atom. The molecule has 124 valence electrons. The lowest BCUT2D eigenvalue weighted by molar-refractivity contribution is -0.116. The number of nitrogens with one attached hydrogen (secondary N) is 2. The fourth-order valence-electron chi connectivity index (χ4n) is 2.41. The van der Waals surface area contributed by atoms with E-state index in [1.165, 1.54) is 0 Å². The summed E-state index contributed by atoms with van der Waals surface area (Å²) in [4.78, 5) is 25.9. The number of amides is 2. The molecule has 24 heavy (non-hydrogen) atoms. The molecule has 0 unspecified atom stereocenters. The van der Waals surface area contributed by atoms with E-state index in [2.05, 4.69) is 10.6 Å². The molecule has 1 aliphatic heterocycles. The zero-order chi connectivity index (χ0) is 17.1. The van der Waals surface area contributed by atoms with Gasteiger partial charge in [0.1, 0.15) is 5.75 Å². The van der Waals surface area contributed by atoms with Crippen LogP contribution < -0.4 is 20.3 Å². The lowest BCUT2D eigenvalue weighted by Gasteiger charge is -2.13. The first kappa shape index (κ1) is 15.9. The van der Waals surface area contributed by atoms with Crippen LogP contribution in [0, 0.1) is 0 Å². The molecule has 0 fully saturated rings. The van der Waals surface area contributed by atoms with Gasteiger partial charge in [0.15, 0.2) is 0 Å². The molecule has 2 aromatic rings. The molecule has 0 aromatic heterocycles. The number of fused-ring (bicyclic) bond motifs is 1. The van der Waals surface area contributed by atoms with Gasteiger partial charge >= 0.3 is 0 Å². The van der Waals surface area contributed by atoms with Crippen molar-refractivity contribution < 1.29 is 14.3 Å². The van der Waals surface area contributed by atoms with Crippen LogP contribution in [0.2, 0.25) is 0 Å². The van der Waals surface area contributed by atoms with Gasteiger partial charge in [-0.05, 0) is 42.5 Å². The standard InChI is InChI=1S/C18H19N3O3/c1-21(2)14-6-3-12(4-7-14)18(23)19-13-5-8-16-15(11-13)20-17(22)9-10-24-16/h3-8,11H,9-10H2,1-2H3,(H,19,23)(H,20,22). The van der Waals surface area contributed by atoms with E-state index in [1.54, 1.807) is 30.3 Å². The molecule has 2 aromatic carbocycles. The number of carbonyl (C=O) groups excluding carboxylic acids is 2. The Kier molecular flexibility index (Phi) is 4.37. The SMILES string of the molecule is CN(C)c1ccc(C(=O)Nc2ccc3c(c2)NC(=O)CCO3)cc1. The van der Waals surface area contributed by atoms with E-state index in [-0.39, 0.29) is 11.8 Å². The minimum atomic E-state index is -0.207. The van der Waals surface area contributed by atoms with Crippen LogP contribution in [0.5, 0.6) is 5.75 Å². The number of benzene rings is 2. The number of nitrogens with zero attached hydrogens (tertiary/aromatic N) is 1. The largest absolute Gasteiger partial charge is 0.491 e. The molecule has 0 aliphatic carbocycles. The number of carbonyl (C=O) groups is 2. The molecule has 1 heterocycles. The van der Waals surface area contributed by atoms with Gasteiger partial charge in [-0.1, -0.05) is 0 Å². The fraction of sp³-hybridized carbons (Fsp3) is 0.222. The molecular formula is C18H19N3O3. The van der Waals surface area contributed by atoms with E-state index < -0.39 is 0 Å². The zero-order valence-corrected chi connectivity index (χ0v) is 13.6. The molecule has 0 spiro atoms. The summed E-state index contributed by atoms with van der Waals surface area (Å²) in [5.74, 6) is 0.298. The predicted octanol–water partition coefficient (Wildman–Crippen LogP) is 2.73. The smallest absolute Gasteiger partial charge is 0.255 e. The quantitative estimate of drug-likeness (QED) is 0.910. The summed E-state index contributed by atoms with van der Waals surface area (Å²) in [5.41, 5.74) is 2.76. The second-order valence-corrected chi connectivity index (χ2v) is 5.75. The highest BCUT2D eigenvalue weighted by Crippen LogP contribution is 2.30. The monoisotopic (exact) mass is 325 g/mol. The van der Waals surface area contributed by atoms with Crippen molar-refractivity contribution in [3.63, 3.8) is 0 Å². The third-order valence-corrected chi connectivity index (χ3v) is 3.74. The third-order valence-electron chi connectivity index (χ3n) is 3.74. The number of hydrogen-bond acceptors (Lipinski definition) is 4. The van der Waals surface area contributed by atoms with Crippen molar-refractivity contribution in [2.45, 2.75) is 6.42 Å². The first-order chi connectivity index (χ1) is 11.5. The topological polar surface area (TPSA) is 70.7 Å². The molecule has 2 amide bonds. The summed E-state index contributed by atoms with van der Waals surface area (Å²) in [6, 6.07) is 12.5. The Morgan fingerprint density at radius 2 is 1.92 bits per heavy atom. The van der Waals surface area contributed by atoms with Crippen molar-refractivity contribution in [2.75, 3.05) is 36.2 Å². The number of ether oxygens (including phenoxy) is 1. The Bertz CT molecular complexity index is 770. The Hall–Kier alpha value is -3.02. The van der Waals surface area contributed by atoms with Gasteiger partial charge in [0.2, 0.25) is 5.91 Å². The van der Waals surface area contributed by atoms with Gasteiger partial charge in [-0.25, -0.2) is 0 Å². The molecule has 6 heteroatoms. The number of hydrogen-bond donors (Lipinski definition) is 2. The van der Waals surface area contributed by atoms with Crippen molar-refractivity contribution in [3.8, 4) is 5.75 Å². The van der Waals surface area contributed by atoms with Crippen molar-refractivity contribution in [3.05, 3.63) is 48.0 Å². The second kappa shape index (κ2) is 6.62. The summed E-state index contributed by atoms with van der Waals surface area (Å²) < 4.78 is 5.50. The van der Waals surface area contributed by atoms with Gasteiger partial charge in [0.05, 0.1) is 18.7 Å². The van der Waals surface area contributed by atoms with Crippen LogP contribution in [0.4, 0.5) is 17.1 Å². The average Bonchev–Trinajstić information content (AvgIpc) is 2.75. The van der Waals surface area contributed by atoms with Crippen LogP contribution in [-0.4, -0.2) is 32.5 Å². The highest BCUT2D eigenvalue weighted by atomic mass is 16.5. The van der Waals surface area contributed by atoms with Gasteiger partial charge in [-0.2, -0.15) is 0 Å². The highest BCUT2D eigenvalue weighted by Gasteiger charge is 2.15. The first-order valence-corrected chi connectivity index (χ1v) is 7.68. The normalized spacial score (nSPS) is 13.2. The van der Waals surface area contributed by atoms with Gasteiger partial charge in [-0.3, -0.25) is 9.59 Å². The molecule has 0 radical (unpaired) electrons. The Morgan fingerprint density at radius 1 is 1.17 bits per heavy atom. The summed E-state index contributed by atoms with van der Waals surface area (Å²) in [6.07, 6.45) is 0.314. The van der Waals surface area contributed by atoms with Crippen molar-refractivity contribution in [1.82, 2.24) is 0 Å². The number of rotatable bonds is 3. The van der Waals surface area contributed by atoms with E-state index in [9.17, 15) is 9.59 Å². The van der Waals surface area contributed by atoms with Gasteiger partial charge in [0.25, 0.3) is 5.91 Å². The molecule has 0 saturated heterocycles. The van der Waals surface area contributed by atoms with Crippen LogP contribution in [-0.2, 0) is 4.79 Å². The van der Waals surface area contributed by atoms with Crippen molar-refractivity contribution in [2.24, 2.45) is 0 Å². The number of anilines is 3. The highest BCUT2D eigenvalue weighted by molar-refractivity contribution is 6.05. The third kappa shape index (κ3) is 3.48. The molecule has 3 rings (SSSR count). The molecule has 0 saturated carbocycles. The summed E-state index contributed by atoms with van der Waals surface area (Å²) in [7, 11) is 3.89. The minimum absolute atomic E-state index is 0.100. The average molecular weight is 325 g/mol. The molecule has 0 atom stereocenters. The fourth-order valence-corrected chi connectivity index (χ4v) is 2.41. The second-order valence-electron chi connectivity index (χ2n) is 5.75. The van der Waals surface area contributed by atoms with E-state index in [1.807, 2.05) is 31.1 Å². The summed E-state index contributed by atoms with van der Waals surface area (Å²) >= 11 is 0. The molecule has 0 bridgehead atoms. The Balaban J connectivity index is 1.76. The van der Waals surface area contributed by atoms with Gasteiger partial charge in [-0.15, -0.1) is 0 Å². The molecule has 2 N–H and O–H groups in total. The van der Waals surface area contributed by atoms with Crippen LogP contribution in [0.1, 0.15) is 16.8 Å². The zero-order valence-electron chi connectivity index (χ0n) is 13.6. The predicted molar refractivity (Wildman–Crippen MR) is 93.9 cm³/mol. The van der Waals surface area contributed by atoms with E-state index in [0.717, 1.165) is 5.69 Å². The maximum absolute atomic E-state index is 12.4. The van der Waals surface area contributed by atoms with Crippen molar-refractivity contribution in [1.29, 1.82) is 0 Å². The molecule has 6 nitrogen and oxygen atoms in total. The maximum Gasteiger partial charge on any atom is 0.255 e. The first-order valence-electron chi connectivity index (χ1n) is 7.68. The van der Waals surface area contributed by atoms with Gasteiger partial charge < -0.3 is 20.3 Å². The lowest BCUT2D eigenvalue weighted by Crippen LogP contribution is -2.14. The maximum atomic E-state index is 12.4. The van der Waals surface area contributed by atoms with Gasteiger partial charge in [0, 0.05) is 31.0 Å². The van der Waals surface area contributed by atoms with Crippen LogP contribution in [0.3, 0.4) is 0 Å². The summed E-state index contributed by atoms with van der Waals surface area (Å²) in [5, 5.41) is 5.61. The van der Waals surface area contributed by atoms with E-state index >= 15 is 0 Å². The van der Waals surface area contributed by atoms with E-state index in [4.69, 9.17) is 4.74 Å². The van der Waals surface area contributed by atoms with Crippen LogP contribution in [0.15, 0.2) is 42.5 Å². The Labute approximate surface area is 140 Å². The van der Waals surface area contributed by atoms with Crippen LogP contribution in [0.25, 0.3) is 0 Å². The van der Waals surface area contributed by atoms with Crippen molar-refractivity contribution >= 4 is 28.9 Å². The summed E-state index contributed by atoms with van der Waals surface area (Å²) in [6.45, 7) is 0.350. The van der Waals surface area contributed by atoms with E-state index in [0.29, 0.717) is 35.7 Å². The minimum Gasteiger partial charge on any atom is -0.491 e. The lowest BCUT2D eigenvalue weighted by atomic mass is 10.1. The van der Waals surface area contributed by atoms with Crippen LogP contribution >= 0.6 is 0 Å².